The number of rotatable bonds is 9. The SMILES string of the molecule is CCCC(O)(CCC)CCCC(O)c1ccccc1. The third-order valence-electron chi connectivity index (χ3n) is 3.73. The molecule has 2 nitrogen and oxygen atoms in total. The molecule has 0 amide bonds. The summed E-state index contributed by atoms with van der Waals surface area (Å²) in [7, 11) is 0. The van der Waals surface area contributed by atoms with Crippen LogP contribution < -0.4 is 0 Å². The molecule has 0 heterocycles. The molecule has 1 atom stereocenters. The molecule has 1 aromatic carbocycles. The third-order valence-corrected chi connectivity index (χ3v) is 3.73. The van der Waals surface area contributed by atoms with E-state index < -0.39 is 11.7 Å². The lowest BCUT2D eigenvalue weighted by atomic mass is 9.86. The first-order chi connectivity index (χ1) is 9.11. The van der Waals surface area contributed by atoms with Crippen LogP contribution in [0.3, 0.4) is 0 Å². The van der Waals surface area contributed by atoms with Gasteiger partial charge < -0.3 is 10.2 Å². The van der Waals surface area contributed by atoms with E-state index in [1.54, 1.807) is 0 Å². The van der Waals surface area contributed by atoms with Gasteiger partial charge in [-0.2, -0.15) is 0 Å². The smallest absolute Gasteiger partial charge is 0.0790 e. The van der Waals surface area contributed by atoms with Crippen LogP contribution in [0.4, 0.5) is 0 Å². The largest absolute Gasteiger partial charge is 0.390 e. The van der Waals surface area contributed by atoms with Gasteiger partial charge in [0.05, 0.1) is 11.7 Å². The van der Waals surface area contributed by atoms with Gasteiger partial charge in [-0.3, -0.25) is 0 Å². The summed E-state index contributed by atoms with van der Waals surface area (Å²) in [6.45, 7) is 4.22. The van der Waals surface area contributed by atoms with Gasteiger partial charge in [0, 0.05) is 0 Å². The fourth-order valence-electron chi connectivity index (χ4n) is 2.77. The highest BCUT2D eigenvalue weighted by molar-refractivity contribution is 5.17. The van der Waals surface area contributed by atoms with E-state index in [0.29, 0.717) is 0 Å². The standard InChI is InChI=1S/C17H28O2/c1-3-12-17(19,13-4-2)14-8-11-16(18)15-9-6-5-7-10-15/h5-7,9-10,16,18-19H,3-4,8,11-14H2,1-2H3. The average Bonchev–Trinajstić information content (AvgIpc) is 2.40. The summed E-state index contributed by atoms with van der Waals surface area (Å²) >= 11 is 0. The molecule has 0 aliphatic rings. The fourth-order valence-corrected chi connectivity index (χ4v) is 2.77. The molecule has 0 fully saturated rings. The van der Waals surface area contributed by atoms with Crippen LogP contribution in [-0.2, 0) is 0 Å². The lowest BCUT2D eigenvalue weighted by Gasteiger charge is -2.28. The summed E-state index contributed by atoms with van der Waals surface area (Å²) in [5.74, 6) is 0. The minimum absolute atomic E-state index is 0.409. The Bertz CT molecular complexity index is 328. The molecule has 0 saturated heterocycles. The Labute approximate surface area is 117 Å². The van der Waals surface area contributed by atoms with E-state index in [4.69, 9.17) is 0 Å². The van der Waals surface area contributed by atoms with Crippen molar-refractivity contribution in [3.8, 4) is 0 Å². The molecule has 1 unspecified atom stereocenters. The van der Waals surface area contributed by atoms with Crippen LogP contribution in [0.25, 0.3) is 0 Å². The van der Waals surface area contributed by atoms with Gasteiger partial charge in [0.2, 0.25) is 0 Å². The first kappa shape index (κ1) is 16.2. The van der Waals surface area contributed by atoms with Gasteiger partial charge in [-0.15, -0.1) is 0 Å². The summed E-state index contributed by atoms with van der Waals surface area (Å²) in [4.78, 5) is 0. The number of aliphatic hydroxyl groups is 2. The van der Waals surface area contributed by atoms with Gasteiger partial charge in [0.25, 0.3) is 0 Å². The predicted octanol–water partition coefficient (Wildman–Crippen LogP) is 4.22. The van der Waals surface area contributed by atoms with Crippen molar-refractivity contribution in [3.05, 3.63) is 35.9 Å². The summed E-state index contributed by atoms with van der Waals surface area (Å²) in [6.07, 6.45) is 5.72. The summed E-state index contributed by atoms with van der Waals surface area (Å²) < 4.78 is 0. The predicted molar refractivity (Wildman–Crippen MR) is 80.0 cm³/mol. The molecule has 0 radical (unpaired) electrons. The minimum atomic E-state index is -0.528. The first-order valence-corrected chi connectivity index (χ1v) is 7.56. The van der Waals surface area contributed by atoms with Crippen LogP contribution in [0.5, 0.6) is 0 Å². The van der Waals surface area contributed by atoms with E-state index in [2.05, 4.69) is 13.8 Å². The van der Waals surface area contributed by atoms with Crippen LogP contribution in [-0.4, -0.2) is 15.8 Å². The lowest BCUT2D eigenvalue weighted by molar-refractivity contribution is 0.00748. The van der Waals surface area contributed by atoms with Crippen LogP contribution in [0.2, 0.25) is 0 Å². The molecule has 1 rings (SSSR count). The van der Waals surface area contributed by atoms with Gasteiger partial charge >= 0.3 is 0 Å². The molecule has 0 aliphatic carbocycles. The van der Waals surface area contributed by atoms with Crippen molar-refractivity contribution in [1.29, 1.82) is 0 Å². The maximum atomic E-state index is 10.5. The molecular formula is C17H28O2. The molecule has 0 aliphatic heterocycles. The lowest BCUT2D eigenvalue weighted by Crippen LogP contribution is -2.28. The summed E-state index contributed by atoms with van der Waals surface area (Å²) in [5.41, 5.74) is 0.442. The molecule has 0 aromatic heterocycles. The molecule has 0 bridgehead atoms. The number of hydrogen-bond donors (Lipinski definition) is 2. The van der Waals surface area contributed by atoms with Crippen molar-refractivity contribution in [2.24, 2.45) is 0 Å². The third kappa shape index (κ3) is 5.75. The highest BCUT2D eigenvalue weighted by Gasteiger charge is 2.24. The van der Waals surface area contributed by atoms with Gasteiger partial charge in [0.1, 0.15) is 0 Å². The molecule has 1 aromatic rings. The van der Waals surface area contributed by atoms with Crippen molar-refractivity contribution in [2.45, 2.75) is 70.5 Å². The molecule has 108 valence electrons. The highest BCUT2D eigenvalue weighted by atomic mass is 16.3. The van der Waals surface area contributed by atoms with Crippen molar-refractivity contribution in [2.75, 3.05) is 0 Å². The Hall–Kier alpha value is -0.860. The Balaban J connectivity index is 2.39. The Kier molecular flexibility index (Phi) is 7.11. The molecular weight excluding hydrogens is 236 g/mol. The second-order valence-electron chi connectivity index (χ2n) is 5.54. The van der Waals surface area contributed by atoms with E-state index in [9.17, 15) is 10.2 Å². The zero-order valence-corrected chi connectivity index (χ0v) is 12.3. The number of aliphatic hydroxyl groups excluding tert-OH is 1. The molecule has 2 heteroatoms. The van der Waals surface area contributed by atoms with Crippen LogP contribution in [0.15, 0.2) is 30.3 Å². The normalized spacial score (nSPS) is 13.5. The van der Waals surface area contributed by atoms with E-state index in [0.717, 1.165) is 50.5 Å². The minimum Gasteiger partial charge on any atom is -0.390 e. The van der Waals surface area contributed by atoms with Gasteiger partial charge in [-0.05, 0) is 37.7 Å². The van der Waals surface area contributed by atoms with Crippen molar-refractivity contribution < 1.29 is 10.2 Å². The molecule has 0 spiro atoms. The Morgan fingerprint density at radius 2 is 1.58 bits per heavy atom. The molecule has 19 heavy (non-hydrogen) atoms. The van der Waals surface area contributed by atoms with Crippen LogP contribution in [0.1, 0.15) is 70.5 Å². The van der Waals surface area contributed by atoms with Crippen molar-refractivity contribution in [1.82, 2.24) is 0 Å². The van der Waals surface area contributed by atoms with Gasteiger partial charge in [0.15, 0.2) is 0 Å². The maximum Gasteiger partial charge on any atom is 0.0790 e. The van der Waals surface area contributed by atoms with Gasteiger partial charge in [-0.25, -0.2) is 0 Å². The van der Waals surface area contributed by atoms with E-state index in [1.807, 2.05) is 30.3 Å². The second kappa shape index (κ2) is 8.34. The number of hydrogen-bond acceptors (Lipinski definition) is 2. The quantitative estimate of drug-likeness (QED) is 0.701. The highest BCUT2D eigenvalue weighted by Crippen LogP contribution is 2.28. The van der Waals surface area contributed by atoms with E-state index in [1.165, 1.54) is 0 Å². The Morgan fingerprint density at radius 3 is 2.11 bits per heavy atom. The van der Waals surface area contributed by atoms with Crippen LogP contribution >= 0.6 is 0 Å². The van der Waals surface area contributed by atoms with Crippen molar-refractivity contribution >= 4 is 0 Å². The van der Waals surface area contributed by atoms with Crippen molar-refractivity contribution in [3.63, 3.8) is 0 Å². The Morgan fingerprint density at radius 1 is 1.00 bits per heavy atom. The van der Waals surface area contributed by atoms with E-state index in [-0.39, 0.29) is 0 Å². The van der Waals surface area contributed by atoms with Crippen LogP contribution in [0, 0.1) is 0 Å². The monoisotopic (exact) mass is 264 g/mol. The molecule has 0 saturated carbocycles. The van der Waals surface area contributed by atoms with E-state index >= 15 is 0 Å². The zero-order chi connectivity index (χ0) is 14.1. The topological polar surface area (TPSA) is 40.5 Å². The second-order valence-corrected chi connectivity index (χ2v) is 5.54. The molecule has 2 N–H and O–H groups in total. The maximum absolute atomic E-state index is 10.5. The zero-order valence-electron chi connectivity index (χ0n) is 12.3. The summed E-state index contributed by atoms with van der Waals surface area (Å²) in [5, 5.41) is 20.6. The fraction of sp³-hybridized carbons (Fsp3) is 0.647. The number of benzene rings is 1. The van der Waals surface area contributed by atoms with Gasteiger partial charge in [-0.1, -0.05) is 57.0 Å². The average molecular weight is 264 g/mol. The first-order valence-electron chi connectivity index (χ1n) is 7.56. The summed E-state index contributed by atoms with van der Waals surface area (Å²) in [6, 6.07) is 9.76.